The molecule has 0 radical (unpaired) electrons. The maximum Gasteiger partial charge on any atom is 0.319 e. The summed E-state index contributed by atoms with van der Waals surface area (Å²) in [6, 6.07) is 7.17. The van der Waals surface area contributed by atoms with Crippen LogP contribution in [-0.4, -0.2) is 37.7 Å². The number of anilines is 2. The van der Waals surface area contributed by atoms with Crippen molar-refractivity contribution in [2.24, 2.45) is 0 Å². The Labute approximate surface area is 136 Å². The summed E-state index contributed by atoms with van der Waals surface area (Å²) in [5.74, 6) is 0.149. The van der Waals surface area contributed by atoms with Crippen LogP contribution in [0.25, 0.3) is 0 Å². The lowest BCUT2D eigenvalue weighted by Gasteiger charge is -2.27. The molecule has 0 aliphatic carbocycles. The standard InChI is InChI=1S/C17H23N3O3/c21-16-8-1-2-9-20(16)14-6-3-5-13(11-14)19-17(22)18-12-15-7-4-10-23-15/h3,5-6,11,15H,1-2,4,7-10,12H2,(H2,18,19,22)/t15-/m0/s1. The van der Waals surface area contributed by atoms with Gasteiger partial charge in [0.25, 0.3) is 0 Å². The maximum atomic E-state index is 12.0. The van der Waals surface area contributed by atoms with E-state index in [4.69, 9.17) is 4.74 Å². The number of piperidine rings is 1. The van der Waals surface area contributed by atoms with Crippen LogP contribution in [0.15, 0.2) is 24.3 Å². The molecule has 0 aromatic heterocycles. The van der Waals surface area contributed by atoms with E-state index in [1.54, 1.807) is 4.90 Å². The van der Waals surface area contributed by atoms with Gasteiger partial charge in [0.1, 0.15) is 0 Å². The van der Waals surface area contributed by atoms with E-state index in [2.05, 4.69) is 10.6 Å². The molecule has 2 fully saturated rings. The number of amides is 3. The second-order valence-corrected chi connectivity index (χ2v) is 6.02. The van der Waals surface area contributed by atoms with Crippen molar-refractivity contribution in [3.8, 4) is 0 Å². The van der Waals surface area contributed by atoms with Gasteiger partial charge in [0, 0.05) is 37.5 Å². The number of ether oxygens (including phenoxy) is 1. The third kappa shape index (κ3) is 4.22. The molecule has 6 heteroatoms. The van der Waals surface area contributed by atoms with Crippen molar-refractivity contribution in [1.29, 1.82) is 0 Å². The van der Waals surface area contributed by atoms with Crippen LogP contribution in [0.3, 0.4) is 0 Å². The minimum atomic E-state index is -0.248. The van der Waals surface area contributed by atoms with Crippen LogP contribution in [0, 0.1) is 0 Å². The van der Waals surface area contributed by atoms with Crippen LogP contribution >= 0.6 is 0 Å². The topological polar surface area (TPSA) is 70.7 Å². The van der Waals surface area contributed by atoms with Gasteiger partial charge in [0.2, 0.25) is 5.91 Å². The van der Waals surface area contributed by atoms with E-state index < -0.39 is 0 Å². The Kier molecular flexibility index (Phi) is 5.12. The van der Waals surface area contributed by atoms with Gasteiger partial charge < -0.3 is 20.3 Å². The Morgan fingerprint density at radius 1 is 1.30 bits per heavy atom. The third-order valence-corrected chi connectivity index (χ3v) is 4.25. The zero-order chi connectivity index (χ0) is 16.1. The lowest BCUT2D eigenvalue weighted by Crippen LogP contribution is -2.36. The van der Waals surface area contributed by atoms with Gasteiger partial charge in [0.05, 0.1) is 6.10 Å². The van der Waals surface area contributed by atoms with Crippen LogP contribution in [0.5, 0.6) is 0 Å². The number of rotatable bonds is 4. The molecule has 1 aromatic rings. The molecule has 1 aromatic carbocycles. The minimum absolute atomic E-state index is 0.123. The zero-order valence-electron chi connectivity index (χ0n) is 13.2. The Hall–Kier alpha value is -2.08. The molecule has 0 spiro atoms. The molecule has 0 unspecified atom stereocenters. The molecular weight excluding hydrogens is 294 g/mol. The van der Waals surface area contributed by atoms with Crippen LogP contribution in [0.2, 0.25) is 0 Å². The molecule has 3 rings (SSSR count). The number of nitrogens with zero attached hydrogens (tertiary/aromatic N) is 1. The van der Waals surface area contributed by atoms with Crippen molar-refractivity contribution in [1.82, 2.24) is 5.32 Å². The van der Waals surface area contributed by atoms with E-state index in [-0.39, 0.29) is 18.0 Å². The Bertz CT molecular complexity index is 570. The molecule has 2 heterocycles. The van der Waals surface area contributed by atoms with Crippen molar-refractivity contribution in [3.63, 3.8) is 0 Å². The van der Waals surface area contributed by atoms with Gasteiger partial charge in [-0.15, -0.1) is 0 Å². The molecular formula is C17H23N3O3. The highest BCUT2D eigenvalue weighted by atomic mass is 16.5. The second-order valence-electron chi connectivity index (χ2n) is 6.02. The molecule has 0 bridgehead atoms. The first-order chi connectivity index (χ1) is 11.2. The highest BCUT2D eigenvalue weighted by molar-refractivity contribution is 5.95. The number of urea groups is 1. The van der Waals surface area contributed by atoms with Gasteiger partial charge in [-0.3, -0.25) is 4.79 Å². The Morgan fingerprint density at radius 3 is 3.00 bits per heavy atom. The molecule has 2 aliphatic rings. The monoisotopic (exact) mass is 317 g/mol. The average Bonchev–Trinajstić information content (AvgIpc) is 3.07. The summed E-state index contributed by atoms with van der Waals surface area (Å²) in [6.45, 7) is 2.05. The van der Waals surface area contributed by atoms with Crippen molar-refractivity contribution >= 4 is 23.3 Å². The molecule has 2 saturated heterocycles. The lowest BCUT2D eigenvalue weighted by molar-refractivity contribution is -0.119. The fourth-order valence-electron chi connectivity index (χ4n) is 3.02. The summed E-state index contributed by atoms with van der Waals surface area (Å²) >= 11 is 0. The fourth-order valence-corrected chi connectivity index (χ4v) is 3.02. The number of carbonyl (C=O) groups excluding carboxylic acids is 2. The van der Waals surface area contributed by atoms with Crippen LogP contribution in [0.4, 0.5) is 16.2 Å². The van der Waals surface area contributed by atoms with Gasteiger partial charge in [0.15, 0.2) is 0 Å². The molecule has 124 valence electrons. The summed E-state index contributed by atoms with van der Waals surface area (Å²) in [5.41, 5.74) is 1.53. The number of nitrogens with one attached hydrogen (secondary N) is 2. The van der Waals surface area contributed by atoms with Crippen molar-refractivity contribution < 1.29 is 14.3 Å². The largest absolute Gasteiger partial charge is 0.376 e. The molecule has 6 nitrogen and oxygen atoms in total. The molecule has 3 amide bonds. The SMILES string of the molecule is O=C(NC[C@@H]1CCCO1)Nc1cccc(N2CCCCC2=O)c1. The predicted molar refractivity (Wildman–Crippen MR) is 88.6 cm³/mol. The van der Waals surface area contributed by atoms with E-state index in [0.29, 0.717) is 18.7 Å². The normalized spacial score (nSPS) is 21.3. The Morgan fingerprint density at radius 2 is 2.22 bits per heavy atom. The second kappa shape index (κ2) is 7.46. The van der Waals surface area contributed by atoms with E-state index in [0.717, 1.165) is 44.5 Å². The fraction of sp³-hybridized carbons (Fsp3) is 0.529. The van der Waals surface area contributed by atoms with E-state index in [1.165, 1.54) is 0 Å². The summed E-state index contributed by atoms with van der Waals surface area (Å²) in [5, 5.41) is 5.64. The van der Waals surface area contributed by atoms with Gasteiger partial charge in [-0.25, -0.2) is 4.79 Å². The third-order valence-electron chi connectivity index (χ3n) is 4.25. The summed E-state index contributed by atoms with van der Waals surface area (Å²) in [4.78, 5) is 25.7. The first kappa shape index (κ1) is 15.8. The quantitative estimate of drug-likeness (QED) is 0.896. The predicted octanol–water partition coefficient (Wildman–Crippen LogP) is 2.50. The van der Waals surface area contributed by atoms with E-state index in [9.17, 15) is 9.59 Å². The first-order valence-corrected chi connectivity index (χ1v) is 8.29. The molecule has 2 N–H and O–H groups in total. The molecule has 2 aliphatic heterocycles. The van der Waals surface area contributed by atoms with Crippen LogP contribution in [0.1, 0.15) is 32.1 Å². The van der Waals surface area contributed by atoms with E-state index >= 15 is 0 Å². The smallest absolute Gasteiger partial charge is 0.319 e. The number of hydrogen-bond acceptors (Lipinski definition) is 3. The zero-order valence-corrected chi connectivity index (χ0v) is 13.2. The van der Waals surface area contributed by atoms with Crippen molar-refractivity contribution in [2.45, 2.75) is 38.2 Å². The summed E-state index contributed by atoms with van der Waals surface area (Å²) < 4.78 is 5.48. The number of benzene rings is 1. The van der Waals surface area contributed by atoms with Crippen LogP contribution in [-0.2, 0) is 9.53 Å². The van der Waals surface area contributed by atoms with Crippen molar-refractivity contribution in [2.75, 3.05) is 29.9 Å². The number of hydrogen-bond donors (Lipinski definition) is 2. The highest BCUT2D eigenvalue weighted by Gasteiger charge is 2.20. The number of carbonyl (C=O) groups is 2. The molecule has 1 atom stereocenters. The van der Waals surface area contributed by atoms with Gasteiger partial charge in [-0.1, -0.05) is 6.07 Å². The molecule has 0 saturated carbocycles. The van der Waals surface area contributed by atoms with Gasteiger partial charge >= 0.3 is 6.03 Å². The summed E-state index contributed by atoms with van der Waals surface area (Å²) in [6.07, 6.45) is 4.74. The molecule has 23 heavy (non-hydrogen) atoms. The van der Waals surface area contributed by atoms with Crippen LogP contribution < -0.4 is 15.5 Å². The lowest BCUT2D eigenvalue weighted by atomic mass is 10.1. The van der Waals surface area contributed by atoms with Gasteiger partial charge in [-0.05, 0) is 43.9 Å². The van der Waals surface area contributed by atoms with E-state index in [1.807, 2.05) is 24.3 Å². The Balaban J connectivity index is 1.56. The minimum Gasteiger partial charge on any atom is -0.376 e. The van der Waals surface area contributed by atoms with Crippen molar-refractivity contribution in [3.05, 3.63) is 24.3 Å². The first-order valence-electron chi connectivity index (χ1n) is 8.29. The maximum absolute atomic E-state index is 12.0. The summed E-state index contributed by atoms with van der Waals surface area (Å²) in [7, 11) is 0. The average molecular weight is 317 g/mol. The van der Waals surface area contributed by atoms with Gasteiger partial charge in [-0.2, -0.15) is 0 Å². The highest BCUT2D eigenvalue weighted by Crippen LogP contribution is 2.23.